The van der Waals surface area contributed by atoms with Crippen molar-refractivity contribution in [3.8, 4) is 17.6 Å². The van der Waals surface area contributed by atoms with Crippen molar-refractivity contribution in [3.05, 3.63) is 93.2 Å². The molecule has 32 heavy (non-hydrogen) atoms. The fraction of sp³-hybridized carbons (Fsp3) is 0.0833. The molecule has 1 amide bonds. The summed E-state index contributed by atoms with van der Waals surface area (Å²) in [7, 11) is 1.48. The predicted molar refractivity (Wildman–Crippen MR) is 122 cm³/mol. The van der Waals surface area contributed by atoms with Crippen LogP contribution in [0.15, 0.2) is 66.2 Å². The lowest BCUT2D eigenvalue weighted by molar-refractivity contribution is -0.112. The zero-order valence-electron chi connectivity index (χ0n) is 16.9. The van der Waals surface area contributed by atoms with E-state index in [1.54, 1.807) is 42.5 Å². The van der Waals surface area contributed by atoms with Gasteiger partial charge in [-0.2, -0.15) is 5.26 Å². The van der Waals surface area contributed by atoms with E-state index in [-0.39, 0.29) is 23.0 Å². The molecule has 8 heteroatoms. The zero-order valence-corrected chi connectivity index (χ0v) is 18.4. The monoisotopic (exact) mass is 470 g/mol. The van der Waals surface area contributed by atoms with E-state index in [0.29, 0.717) is 27.8 Å². The molecular formula is C24H17Cl2FN2O3. The molecule has 3 aromatic carbocycles. The number of benzene rings is 3. The lowest BCUT2D eigenvalue weighted by atomic mass is 10.1. The largest absolute Gasteiger partial charge is 0.493 e. The summed E-state index contributed by atoms with van der Waals surface area (Å²) in [5, 5.41) is 12.7. The SMILES string of the molecule is COc1cc(/C=C(\C#N)C(=O)Nc2ccc(Cl)c(Cl)c2)ccc1OCc1ccc(F)cc1. The predicted octanol–water partition coefficient (Wildman–Crippen LogP) is 6.27. The topological polar surface area (TPSA) is 71.3 Å². The van der Waals surface area contributed by atoms with Crippen LogP contribution in [-0.2, 0) is 11.4 Å². The van der Waals surface area contributed by atoms with Gasteiger partial charge >= 0.3 is 0 Å². The number of nitrogens with zero attached hydrogens (tertiary/aromatic N) is 1. The Balaban J connectivity index is 1.75. The quantitative estimate of drug-likeness (QED) is 0.326. The molecule has 0 spiro atoms. The number of ether oxygens (including phenoxy) is 2. The first-order chi connectivity index (χ1) is 15.4. The maximum Gasteiger partial charge on any atom is 0.266 e. The van der Waals surface area contributed by atoms with Crippen molar-refractivity contribution in [2.24, 2.45) is 0 Å². The molecule has 0 aromatic heterocycles. The first kappa shape index (κ1) is 23.1. The van der Waals surface area contributed by atoms with Crippen LogP contribution < -0.4 is 14.8 Å². The third-order valence-electron chi connectivity index (χ3n) is 4.35. The Kier molecular flexibility index (Phi) is 7.72. The molecule has 0 saturated heterocycles. The number of rotatable bonds is 7. The van der Waals surface area contributed by atoms with Crippen molar-refractivity contribution >= 4 is 40.9 Å². The number of nitrogens with one attached hydrogen (secondary N) is 1. The molecule has 0 saturated carbocycles. The fourth-order valence-electron chi connectivity index (χ4n) is 2.72. The number of nitriles is 1. The van der Waals surface area contributed by atoms with Crippen molar-refractivity contribution in [3.63, 3.8) is 0 Å². The number of hydrogen-bond donors (Lipinski definition) is 1. The highest BCUT2D eigenvalue weighted by Gasteiger charge is 2.12. The molecule has 0 aliphatic heterocycles. The van der Waals surface area contributed by atoms with Gasteiger partial charge in [-0.3, -0.25) is 4.79 Å². The van der Waals surface area contributed by atoms with Crippen LogP contribution in [0.5, 0.6) is 11.5 Å². The van der Waals surface area contributed by atoms with E-state index >= 15 is 0 Å². The number of halogens is 3. The van der Waals surface area contributed by atoms with E-state index in [2.05, 4.69) is 5.32 Å². The van der Waals surface area contributed by atoms with E-state index < -0.39 is 5.91 Å². The van der Waals surface area contributed by atoms with Crippen LogP contribution in [0, 0.1) is 17.1 Å². The fourth-order valence-corrected chi connectivity index (χ4v) is 3.02. The van der Waals surface area contributed by atoms with Crippen molar-refractivity contribution in [1.29, 1.82) is 5.26 Å². The van der Waals surface area contributed by atoms with Gasteiger partial charge in [-0.1, -0.05) is 41.4 Å². The first-order valence-corrected chi connectivity index (χ1v) is 10.1. The van der Waals surface area contributed by atoms with Gasteiger partial charge in [0.15, 0.2) is 11.5 Å². The van der Waals surface area contributed by atoms with Crippen LogP contribution in [-0.4, -0.2) is 13.0 Å². The molecule has 0 aliphatic rings. The molecule has 3 aromatic rings. The maximum atomic E-state index is 13.0. The molecule has 1 N–H and O–H groups in total. The second kappa shape index (κ2) is 10.7. The van der Waals surface area contributed by atoms with Gasteiger partial charge in [0.05, 0.1) is 17.2 Å². The standard InChI is InChI=1S/C24H17Cl2FN2O3/c1-31-23-11-16(4-9-22(23)32-14-15-2-5-18(27)6-3-15)10-17(13-28)24(30)29-19-7-8-20(25)21(26)12-19/h2-12H,14H2,1H3,(H,29,30)/b17-10+. The summed E-state index contributed by atoms with van der Waals surface area (Å²) in [6, 6.07) is 17.5. The highest BCUT2D eigenvalue weighted by Crippen LogP contribution is 2.30. The van der Waals surface area contributed by atoms with E-state index in [9.17, 15) is 14.4 Å². The molecule has 0 bridgehead atoms. The van der Waals surface area contributed by atoms with Crippen LogP contribution in [0.25, 0.3) is 6.08 Å². The maximum absolute atomic E-state index is 13.0. The highest BCUT2D eigenvalue weighted by molar-refractivity contribution is 6.42. The Morgan fingerprint density at radius 2 is 1.81 bits per heavy atom. The number of methoxy groups -OCH3 is 1. The molecule has 0 radical (unpaired) electrons. The van der Waals surface area contributed by atoms with E-state index in [4.69, 9.17) is 32.7 Å². The van der Waals surface area contributed by atoms with Crippen LogP contribution in [0.3, 0.4) is 0 Å². The number of carbonyl (C=O) groups is 1. The minimum absolute atomic E-state index is 0.113. The second-order valence-electron chi connectivity index (χ2n) is 6.58. The normalized spacial score (nSPS) is 10.9. The van der Waals surface area contributed by atoms with E-state index in [1.807, 2.05) is 6.07 Å². The van der Waals surface area contributed by atoms with Gasteiger partial charge in [0.25, 0.3) is 5.91 Å². The summed E-state index contributed by atoms with van der Waals surface area (Å²) in [6.07, 6.45) is 1.43. The number of anilines is 1. The zero-order chi connectivity index (χ0) is 23.1. The Bertz CT molecular complexity index is 1200. The van der Waals surface area contributed by atoms with Crippen LogP contribution in [0.1, 0.15) is 11.1 Å². The molecule has 5 nitrogen and oxygen atoms in total. The molecule has 3 rings (SSSR count). The van der Waals surface area contributed by atoms with Gasteiger partial charge in [-0.05, 0) is 59.7 Å². The molecule has 0 atom stereocenters. The lowest BCUT2D eigenvalue weighted by Crippen LogP contribution is -2.13. The van der Waals surface area contributed by atoms with E-state index in [0.717, 1.165) is 5.56 Å². The third kappa shape index (κ3) is 6.01. The number of hydrogen-bond acceptors (Lipinski definition) is 4. The first-order valence-electron chi connectivity index (χ1n) is 9.33. The average molecular weight is 471 g/mol. The van der Waals surface area contributed by atoms with Crippen LogP contribution in [0.4, 0.5) is 10.1 Å². The summed E-state index contributed by atoms with van der Waals surface area (Å²) in [5.74, 6) is -0.0313. The summed E-state index contributed by atoms with van der Waals surface area (Å²) < 4.78 is 24.1. The van der Waals surface area contributed by atoms with Crippen molar-refractivity contribution < 1.29 is 18.7 Å². The summed E-state index contributed by atoms with van der Waals surface area (Å²) in [4.78, 5) is 12.5. The Hall–Kier alpha value is -3.53. The molecule has 0 fully saturated rings. The summed E-state index contributed by atoms with van der Waals surface area (Å²) in [6.45, 7) is 0.224. The Labute approximate surface area is 194 Å². The smallest absolute Gasteiger partial charge is 0.266 e. The number of carbonyl (C=O) groups excluding carboxylic acids is 1. The van der Waals surface area contributed by atoms with Gasteiger partial charge in [0.1, 0.15) is 24.1 Å². The minimum Gasteiger partial charge on any atom is -0.493 e. The van der Waals surface area contributed by atoms with Gasteiger partial charge in [-0.15, -0.1) is 0 Å². The van der Waals surface area contributed by atoms with Gasteiger partial charge < -0.3 is 14.8 Å². The van der Waals surface area contributed by atoms with Gasteiger partial charge in [0.2, 0.25) is 0 Å². The lowest BCUT2D eigenvalue weighted by Gasteiger charge is -2.12. The molecule has 162 valence electrons. The van der Waals surface area contributed by atoms with Gasteiger partial charge in [-0.25, -0.2) is 4.39 Å². The Morgan fingerprint density at radius 1 is 1.06 bits per heavy atom. The molecule has 0 aliphatic carbocycles. The third-order valence-corrected chi connectivity index (χ3v) is 5.09. The minimum atomic E-state index is -0.596. The van der Waals surface area contributed by atoms with E-state index in [1.165, 1.54) is 31.4 Å². The highest BCUT2D eigenvalue weighted by atomic mass is 35.5. The molecular weight excluding hydrogens is 454 g/mol. The molecule has 0 heterocycles. The average Bonchev–Trinajstić information content (AvgIpc) is 2.79. The van der Waals surface area contributed by atoms with Crippen molar-refractivity contribution in [2.45, 2.75) is 6.61 Å². The second-order valence-corrected chi connectivity index (χ2v) is 7.39. The van der Waals surface area contributed by atoms with Gasteiger partial charge in [0, 0.05) is 5.69 Å². The van der Waals surface area contributed by atoms with Crippen molar-refractivity contribution in [1.82, 2.24) is 0 Å². The summed E-state index contributed by atoms with van der Waals surface area (Å²) >= 11 is 11.8. The molecule has 0 unspecified atom stereocenters. The van der Waals surface area contributed by atoms with Crippen LogP contribution in [0.2, 0.25) is 10.0 Å². The summed E-state index contributed by atoms with van der Waals surface area (Å²) in [5.41, 5.74) is 1.66. The van der Waals surface area contributed by atoms with Crippen molar-refractivity contribution in [2.75, 3.05) is 12.4 Å². The Morgan fingerprint density at radius 3 is 2.47 bits per heavy atom. The van der Waals surface area contributed by atoms with Crippen LogP contribution >= 0.6 is 23.2 Å². The number of amides is 1.